The highest BCUT2D eigenvalue weighted by molar-refractivity contribution is 5.73. The van der Waals surface area contributed by atoms with Crippen molar-refractivity contribution in [2.24, 2.45) is 10.8 Å². The zero-order chi connectivity index (χ0) is 19.8. The molecular formula is C24H40O2. The van der Waals surface area contributed by atoms with Crippen LogP contribution in [0, 0.1) is 17.8 Å². The van der Waals surface area contributed by atoms with Gasteiger partial charge in [0.05, 0.1) is 5.41 Å². The molecule has 0 aliphatic heterocycles. The summed E-state index contributed by atoms with van der Waals surface area (Å²) >= 11 is 0. The third-order valence-electron chi connectivity index (χ3n) is 5.44. The van der Waals surface area contributed by atoms with E-state index < -0.39 is 11.4 Å². The first-order valence-corrected chi connectivity index (χ1v) is 10.3. The molecule has 148 valence electrons. The van der Waals surface area contributed by atoms with Crippen LogP contribution in [0.5, 0.6) is 0 Å². The minimum atomic E-state index is -0.686. The smallest absolute Gasteiger partial charge is 0.309 e. The first-order chi connectivity index (χ1) is 12.0. The molecule has 26 heavy (non-hydrogen) atoms. The summed E-state index contributed by atoms with van der Waals surface area (Å²) in [4.78, 5) is 11.2. The largest absolute Gasteiger partial charge is 0.481 e. The molecule has 0 amide bonds. The van der Waals surface area contributed by atoms with Crippen molar-refractivity contribution >= 4 is 5.97 Å². The molecule has 1 rings (SSSR count). The van der Waals surface area contributed by atoms with Crippen molar-refractivity contribution in [2.75, 3.05) is 0 Å². The summed E-state index contributed by atoms with van der Waals surface area (Å²) in [6.07, 6.45) is 10.1. The Kier molecular flexibility index (Phi) is 8.86. The molecular weight excluding hydrogens is 320 g/mol. The Balaban J connectivity index is 2.47. The molecule has 0 fully saturated rings. The van der Waals surface area contributed by atoms with Gasteiger partial charge in [-0.05, 0) is 81.4 Å². The van der Waals surface area contributed by atoms with E-state index in [1.54, 1.807) is 0 Å². The third-order valence-corrected chi connectivity index (χ3v) is 5.44. The van der Waals surface area contributed by atoms with Crippen molar-refractivity contribution < 1.29 is 9.90 Å². The number of rotatable bonds is 11. The van der Waals surface area contributed by atoms with E-state index in [9.17, 15) is 9.90 Å². The Morgan fingerprint density at radius 2 is 1.50 bits per heavy atom. The predicted octanol–water partition coefficient (Wildman–Crippen LogP) is 6.97. The molecule has 0 saturated carbocycles. The van der Waals surface area contributed by atoms with E-state index in [0.29, 0.717) is 5.41 Å². The van der Waals surface area contributed by atoms with E-state index in [-0.39, 0.29) is 0 Å². The first kappa shape index (κ1) is 22.7. The van der Waals surface area contributed by atoms with E-state index in [1.165, 1.54) is 42.4 Å². The molecule has 0 unspecified atom stereocenters. The van der Waals surface area contributed by atoms with Crippen LogP contribution in [0.4, 0.5) is 0 Å². The van der Waals surface area contributed by atoms with Crippen molar-refractivity contribution in [3.63, 3.8) is 0 Å². The second-order valence-electron chi connectivity index (χ2n) is 9.73. The van der Waals surface area contributed by atoms with Crippen LogP contribution in [0.15, 0.2) is 18.2 Å². The van der Waals surface area contributed by atoms with Gasteiger partial charge in [-0.15, -0.1) is 0 Å². The van der Waals surface area contributed by atoms with Crippen LogP contribution in [0.1, 0.15) is 96.3 Å². The van der Waals surface area contributed by atoms with Crippen molar-refractivity contribution in [1.82, 2.24) is 0 Å². The summed E-state index contributed by atoms with van der Waals surface area (Å²) in [5.41, 5.74) is 4.29. The van der Waals surface area contributed by atoms with Gasteiger partial charge in [-0.25, -0.2) is 0 Å². The molecule has 2 nitrogen and oxygen atoms in total. The molecule has 0 heterocycles. The van der Waals surface area contributed by atoms with Gasteiger partial charge in [0.1, 0.15) is 0 Å². The van der Waals surface area contributed by atoms with Crippen LogP contribution < -0.4 is 0 Å². The average Bonchev–Trinajstić information content (AvgIpc) is 2.52. The van der Waals surface area contributed by atoms with Crippen molar-refractivity contribution in [3.8, 4) is 0 Å². The molecule has 0 aliphatic rings. The summed E-state index contributed by atoms with van der Waals surface area (Å²) < 4.78 is 0. The maximum absolute atomic E-state index is 11.2. The molecule has 1 aromatic rings. The number of aryl methyl sites for hydroxylation is 2. The molecule has 0 radical (unpaired) electrons. The number of hydrogen-bond acceptors (Lipinski definition) is 1. The van der Waals surface area contributed by atoms with Crippen molar-refractivity contribution in [1.29, 1.82) is 0 Å². The number of unbranched alkanes of at least 4 members (excludes halogenated alkanes) is 3. The molecule has 0 bridgehead atoms. The molecule has 0 aromatic heterocycles. The second-order valence-corrected chi connectivity index (χ2v) is 9.73. The molecule has 1 N–H and O–H groups in total. The van der Waals surface area contributed by atoms with Crippen molar-refractivity contribution in [2.45, 2.75) is 99.3 Å². The van der Waals surface area contributed by atoms with Crippen molar-refractivity contribution in [3.05, 3.63) is 34.9 Å². The van der Waals surface area contributed by atoms with Gasteiger partial charge in [0.2, 0.25) is 0 Å². The topological polar surface area (TPSA) is 37.3 Å². The Morgan fingerprint density at radius 1 is 0.885 bits per heavy atom. The van der Waals surface area contributed by atoms with E-state index in [2.05, 4.69) is 45.9 Å². The van der Waals surface area contributed by atoms with Crippen LogP contribution in [0.2, 0.25) is 0 Å². The Hall–Kier alpha value is -1.31. The Morgan fingerprint density at radius 3 is 2.12 bits per heavy atom. The number of benzene rings is 1. The predicted molar refractivity (Wildman–Crippen MR) is 112 cm³/mol. The standard InChI is InChI=1S/C24H40O2/c1-19-13-12-15-20(14-9-11-17-23(2,3)4)21(19)16-8-7-10-18-24(5,6)22(25)26/h12-13,15H,7-11,14,16-18H2,1-6H3,(H,25,26). The molecule has 0 spiro atoms. The quantitative estimate of drug-likeness (QED) is 0.433. The van der Waals surface area contributed by atoms with Gasteiger partial charge in [0, 0.05) is 0 Å². The van der Waals surface area contributed by atoms with Gasteiger partial charge in [-0.1, -0.05) is 58.2 Å². The zero-order valence-electron chi connectivity index (χ0n) is 18.0. The normalized spacial score (nSPS) is 12.4. The molecule has 2 heteroatoms. The van der Waals surface area contributed by atoms with Crippen LogP contribution in [0.3, 0.4) is 0 Å². The fourth-order valence-electron chi connectivity index (χ4n) is 3.48. The van der Waals surface area contributed by atoms with E-state index in [4.69, 9.17) is 0 Å². The highest BCUT2D eigenvalue weighted by Crippen LogP contribution is 2.26. The fourth-order valence-corrected chi connectivity index (χ4v) is 3.48. The lowest BCUT2D eigenvalue weighted by atomic mass is 9.86. The summed E-state index contributed by atoms with van der Waals surface area (Å²) in [7, 11) is 0. The minimum Gasteiger partial charge on any atom is -0.481 e. The van der Waals surface area contributed by atoms with Gasteiger partial charge >= 0.3 is 5.97 Å². The van der Waals surface area contributed by atoms with E-state index in [0.717, 1.165) is 32.1 Å². The van der Waals surface area contributed by atoms with Gasteiger partial charge in [-0.2, -0.15) is 0 Å². The maximum atomic E-state index is 11.2. The molecule has 0 aliphatic carbocycles. The van der Waals surface area contributed by atoms with E-state index >= 15 is 0 Å². The van der Waals surface area contributed by atoms with Crippen LogP contribution in [0.25, 0.3) is 0 Å². The summed E-state index contributed by atoms with van der Waals surface area (Å²) in [6, 6.07) is 6.71. The van der Waals surface area contributed by atoms with Gasteiger partial charge in [0.15, 0.2) is 0 Å². The number of aliphatic carboxylic acids is 1. The molecule has 1 aromatic carbocycles. The van der Waals surface area contributed by atoms with Gasteiger partial charge in [-0.3, -0.25) is 4.79 Å². The monoisotopic (exact) mass is 360 g/mol. The van der Waals surface area contributed by atoms with Crippen LogP contribution in [-0.4, -0.2) is 11.1 Å². The number of hydrogen-bond donors (Lipinski definition) is 1. The zero-order valence-corrected chi connectivity index (χ0v) is 18.0. The van der Waals surface area contributed by atoms with E-state index in [1.807, 2.05) is 13.8 Å². The summed E-state index contributed by atoms with van der Waals surface area (Å²) in [5.74, 6) is -0.686. The highest BCUT2D eigenvalue weighted by Gasteiger charge is 2.25. The number of carboxylic acid groups (broad SMARTS) is 1. The minimum absolute atomic E-state index is 0.430. The Labute approximate surface area is 161 Å². The maximum Gasteiger partial charge on any atom is 0.309 e. The van der Waals surface area contributed by atoms with Gasteiger partial charge in [0.25, 0.3) is 0 Å². The first-order valence-electron chi connectivity index (χ1n) is 10.3. The molecule has 0 saturated heterocycles. The highest BCUT2D eigenvalue weighted by atomic mass is 16.4. The SMILES string of the molecule is Cc1cccc(CCCCC(C)(C)C)c1CCCCCC(C)(C)C(=O)O. The summed E-state index contributed by atoms with van der Waals surface area (Å²) in [5, 5.41) is 9.20. The lowest BCUT2D eigenvalue weighted by Crippen LogP contribution is -2.23. The summed E-state index contributed by atoms with van der Waals surface area (Å²) in [6.45, 7) is 12.8. The third kappa shape index (κ3) is 8.38. The average molecular weight is 361 g/mol. The fraction of sp³-hybridized carbons (Fsp3) is 0.708. The number of carbonyl (C=O) groups is 1. The lowest BCUT2D eigenvalue weighted by Gasteiger charge is -2.19. The number of carboxylic acids is 1. The molecule has 0 atom stereocenters. The van der Waals surface area contributed by atoms with Gasteiger partial charge < -0.3 is 5.11 Å². The van der Waals surface area contributed by atoms with Crippen LogP contribution >= 0.6 is 0 Å². The second kappa shape index (κ2) is 10.1. The van der Waals surface area contributed by atoms with Crippen LogP contribution in [-0.2, 0) is 17.6 Å². The Bertz CT molecular complexity index is 564. The lowest BCUT2D eigenvalue weighted by molar-refractivity contribution is -0.147.